The number of benzene rings is 1. The number of piperidine rings is 1. The van der Waals surface area contributed by atoms with Crippen LogP contribution in [-0.2, 0) is 4.74 Å². The quantitative estimate of drug-likeness (QED) is 0.754. The smallest absolute Gasteiger partial charge is 0.0952 e. The molecule has 92 valence electrons. The Hall–Kier alpha value is -1.06. The van der Waals surface area contributed by atoms with Gasteiger partial charge in [-0.05, 0) is 37.1 Å². The zero-order chi connectivity index (χ0) is 11.7. The number of hydrogen-bond donors (Lipinski definition) is 1. The van der Waals surface area contributed by atoms with Crippen LogP contribution < -0.4 is 5.73 Å². The summed E-state index contributed by atoms with van der Waals surface area (Å²) in [6.07, 6.45) is 4.22. The molecule has 2 fully saturated rings. The summed E-state index contributed by atoms with van der Waals surface area (Å²) in [5.74, 6) is 0. The van der Waals surface area contributed by atoms with Crippen LogP contribution >= 0.6 is 0 Å². The van der Waals surface area contributed by atoms with Crippen LogP contribution in [0.15, 0.2) is 24.3 Å². The molecular formula is C14H20N2O. The monoisotopic (exact) mass is 232 g/mol. The molecule has 0 bridgehead atoms. The summed E-state index contributed by atoms with van der Waals surface area (Å²) in [7, 11) is 0. The Balaban J connectivity index is 1.71. The molecule has 2 heterocycles. The number of hydrogen-bond acceptors (Lipinski definition) is 3. The van der Waals surface area contributed by atoms with E-state index in [1.165, 1.54) is 31.4 Å². The van der Waals surface area contributed by atoms with Gasteiger partial charge in [-0.2, -0.15) is 0 Å². The Labute approximate surface area is 103 Å². The second kappa shape index (κ2) is 4.67. The fourth-order valence-electron chi connectivity index (χ4n) is 2.89. The largest absolute Gasteiger partial charge is 0.399 e. The van der Waals surface area contributed by atoms with Crippen molar-refractivity contribution in [3.8, 4) is 0 Å². The third-order valence-electron chi connectivity index (χ3n) is 3.95. The first-order valence-corrected chi connectivity index (χ1v) is 6.54. The van der Waals surface area contributed by atoms with Crippen LogP contribution in [0.1, 0.15) is 30.9 Å². The molecule has 1 aromatic carbocycles. The van der Waals surface area contributed by atoms with E-state index < -0.39 is 0 Å². The normalized spacial score (nSPS) is 29.9. The molecule has 2 atom stereocenters. The molecule has 2 aliphatic rings. The number of ether oxygens (including phenoxy) is 1. The van der Waals surface area contributed by atoms with Gasteiger partial charge in [-0.3, -0.25) is 4.90 Å². The van der Waals surface area contributed by atoms with Crippen molar-refractivity contribution in [1.82, 2.24) is 4.90 Å². The second-order valence-corrected chi connectivity index (χ2v) is 5.13. The summed E-state index contributed by atoms with van der Waals surface area (Å²) in [6, 6.07) is 8.75. The van der Waals surface area contributed by atoms with Gasteiger partial charge >= 0.3 is 0 Å². The van der Waals surface area contributed by atoms with Gasteiger partial charge in [0.1, 0.15) is 0 Å². The minimum Gasteiger partial charge on any atom is -0.399 e. The zero-order valence-electron chi connectivity index (χ0n) is 10.1. The van der Waals surface area contributed by atoms with Crippen LogP contribution in [0, 0.1) is 0 Å². The lowest BCUT2D eigenvalue weighted by atomic mass is 9.98. The highest BCUT2D eigenvalue weighted by Gasteiger charge is 2.31. The maximum Gasteiger partial charge on any atom is 0.0952 e. The highest BCUT2D eigenvalue weighted by molar-refractivity contribution is 5.40. The maximum atomic E-state index is 5.99. The Morgan fingerprint density at radius 3 is 2.82 bits per heavy atom. The number of rotatable bonds is 1. The molecule has 2 aliphatic heterocycles. The summed E-state index contributed by atoms with van der Waals surface area (Å²) in [5, 5.41) is 0. The topological polar surface area (TPSA) is 38.5 Å². The van der Waals surface area contributed by atoms with E-state index in [0.29, 0.717) is 6.04 Å². The van der Waals surface area contributed by atoms with Crippen LogP contribution in [0.2, 0.25) is 0 Å². The molecule has 0 amide bonds. The maximum absolute atomic E-state index is 5.99. The predicted octanol–water partition coefficient (Wildman–Crippen LogP) is 2.19. The van der Waals surface area contributed by atoms with E-state index in [9.17, 15) is 0 Å². The van der Waals surface area contributed by atoms with Gasteiger partial charge in [-0.25, -0.2) is 0 Å². The van der Waals surface area contributed by atoms with Crippen molar-refractivity contribution in [2.45, 2.75) is 31.4 Å². The molecule has 0 radical (unpaired) electrons. The standard InChI is InChI=1S/C14H20N2O/c15-12-6-4-11(5-7-12)14-9-16-8-2-1-3-13(16)10-17-14/h4-7,13-14H,1-3,8-10,15H2. The molecule has 0 saturated carbocycles. The van der Waals surface area contributed by atoms with Gasteiger partial charge in [0.05, 0.1) is 12.7 Å². The van der Waals surface area contributed by atoms with Crippen LogP contribution in [0.4, 0.5) is 5.69 Å². The van der Waals surface area contributed by atoms with E-state index >= 15 is 0 Å². The van der Waals surface area contributed by atoms with E-state index in [-0.39, 0.29) is 6.10 Å². The summed E-state index contributed by atoms with van der Waals surface area (Å²) in [5.41, 5.74) is 7.78. The Morgan fingerprint density at radius 2 is 2.00 bits per heavy atom. The summed E-state index contributed by atoms with van der Waals surface area (Å²) >= 11 is 0. The molecule has 2 N–H and O–H groups in total. The minimum atomic E-state index is 0.227. The Bertz CT molecular complexity index is 376. The van der Waals surface area contributed by atoms with Gasteiger partial charge in [-0.15, -0.1) is 0 Å². The van der Waals surface area contributed by atoms with Gasteiger partial charge < -0.3 is 10.5 Å². The van der Waals surface area contributed by atoms with Crippen LogP contribution in [0.3, 0.4) is 0 Å². The lowest BCUT2D eigenvalue weighted by molar-refractivity contribution is -0.0766. The van der Waals surface area contributed by atoms with Crippen molar-refractivity contribution in [3.63, 3.8) is 0 Å². The van der Waals surface area contributed by atoms with E-state index in [1.807, 2.05) is 12.1 Å². The number of anilines is 1. The fraction of sp³-hybridized carbons (Fsp3) is 0.571. The van der Waals surface area contributed by atoms with Gasteiger partial charge in [0.2, 0.25) is 0 Å². The van der Waals surface area contributed by atoms with E-state index in [2.05, 4.69) is 17.0 Å². The van der Waals surface area contributed by atoms with Crippen LogP contribution in [-0.4, -0.2) is 30.6 Å². The fourth-order valence-corrected chi connectivity index (χ4v) is 2.89. The van der Waals surface area contributed by atoms with E-state index in [0.717, 1.165) is 18.8 Å². The average molecular weight is 232 g/mol. The first-order valence-electron chi connectivity index (χ1n) is 6.54. The molecule has 3 heteroatoms. The molecule has 17 heavy (non-hydrogen) atoms. The third kappa shape index (κ3) is 2.31. The number of morpholine rings is 1. The van der Waals surface area contributed by atoms with Crippen molar-refractivity contribution < 1.29 is 4.74 Å². The number of nitrogens with two attached hydrogens (primary N) is 1. The lowest BCUT2D eigenvalue weighted by Crippen LogP contribution is -2.48. The van der Waals surface area contributed by atoms with Crippen molar-refractivity contribution >= 4 is 5.69 Å². The molecule has 0 aliphatic carbocycles. The third-order valence-corrected chi connectivity index (χ3v) is 3.95. The molecule has 0 spiro atoms. The number of nitrogen functional groups attached to an aromatic ring is 1. The highest BCUT2D eigenvalue weighted by Crippen LogP contribution is 2.29. The van der Waals surface area contributed by atoms with Crippen molar-refractivity contribution in [3.05, 3.63) is 29.8 Å². The predicted molar refractivity (Wildman–Crippen MR) is 68.8 cm³/mol. The average Bonchev–Trinajstić information content (AvgIpc) is 2.39. The second-order valence-electron chi connectivity index (χ2n) is 5.13. The van der Waals surface area contributed by atoms with Gasteiger partial charge in [0.25, 0.3) is 0 Å². The summed E-state index contributed by atoms with van der Waals surface area (Å²) in [4.78, 5) is 2.59. The molecular weight excluding hydrogens is 212 g/mol. The SMILES string of the molecule is Nc1ccc(C2CN3CCCCC3CO2)cc1. The first-order chi connectivity index (χ1) is 8.33. The van der Waals surface area contributed by atoms with Crippen molar-refractivity contribution in [2.75, 3.05) is 25.4 Å². The zero-order valence-corrected chi connectivity index (χ0v) is 10.1. The van der Waals surface area contributed by atoms with Crippen molar-refractivity contribution in [1.29, 1.82) is 0 Å². The number of nitrogens with zero attached hydrogens (tertiary/aromatic N) is 1. The Kier molecular flexibility index (Phi) is 3.04. The summed E-state index contributed by atoms with van der Waals surface area (Å²) < 4.78 is 5.99. The summed E-state index contributed by atoms with van der Waals surface area (Å²) in [6.45, 7) is 3.16. The van der Waals surface area contributed by atoms with Gasteiger partial charge in [0.15, 0.2) is 0 Å². The van der Waals surface area contributed by atoms with Crippen molar-refractivity contribution in [2.24, 2.45) is 0 Å². The van der Waals surface area contributed by atoms with Crippen LogP contribution in [0.5, 0.6) is 0 Å². The van der Waals surface area contributed by atoms with Gasteiger partial charge in [-0.1, -0.05) is 18.6 Å². The number of fused-ring (bicyclic) bond motifs is 1. The molecule has 2 unspecified atom stereocenters. The highest BCUT2D eigenvalue weighted by atomic mass is 16.5. The molecule has 2 saturated heterocycles. The van der Waals surface area contributed by atoms with E-state index in [4.69, 9.17) is 10.5 Å². The van der Waals surface area contributed by atoms with E-state index in [1.54, 1.807) is 0 Å². The van der Waals surface area contributed by atoms with Crippen LogP contribution in [0.25, 0.3) is 0 Å². The molecule has 3 rings (SSSR count). The molecule has 1 aromatic rings. The molecule has 3 nitrogen and oxygen atoms in total. The molecule has 0 aromatic heterocycles. The lowest BCUT2D eigenvalue weighted by Gasteiger charge is -2.42. The first kappa shape index (κ1) is 11.1. The van der Waals surface area contributed by atoms with Gasteiger partial charge in [0, 0.05) is 18.3 Å². The Morgan fingerprint density at radius 1 is 1.18 bits per heavy atom. The minimum absolute atomic E-state index is 0.227.